The Kier molecular flexibility index (Phi) is 11.1. The molecule has 0 aliphatic carbocycles. The van der Waals surface area contributed by atoms with Crippen LogP contribution in [0, 0.1) is 0 Å². The fraction of sp³-hybridized carbons (Fsp3) is 0.545. The number of rotatable bonds is 8. The van der Waals surface area contributed by atoms with Crippen LogP contribution in [0.3, 0.4) is 0 Å². The van der Waals surface area contributed by atoms with Gasteiger partial charge in [0.15, 0.2) is 17.3 Å². The molecule has 0 unspecified atom stereocenters. The molecule has 0 amide bonds. The largest absolute Gasteiger partial charge is 0.507 e. The Morgan fingerprint density at radius 3 is 1.92 bits per heavy atom. The van der Waals surface area contributed by atoms with E-state index >= 15 is 0 Å². The lowest BCUT2D eigenvalue weighted by Crippen LogP contribution is -2.61. The normalized spacial score (nSPS) is 38.3. The van der Waals surface area contributed by atoms with Crippen molar-refractivity contribution in [3.8, 4) is 28.6 Å². The molecular formula is C33H40O19. The minimum absolute atomic E-state index is 0.0875. The fourth-order valence-electron chi connectivity index (χ4n) is 6.49. The van der Waals surface area contributed by atoms with Crippen LogP contribution in [0.1, 0.15) is 18.6 Å². The van der Waals surface area contributed by atoms with Crippen molar-refractivity contribution in [2.45, 2.75) is 98.9 Å². The number of phenolic OH excluding ortho intramolecular Hbond substituents is 2. The third-order valence-electron chi connectivity index (χ3n) is 9.49. The predicted molar refractivity (Wildman–Crippen MR) is 170 cm³/mol. The van der Waals surface area contributed by atoms with Crippen molar-refractivity contribution >= 4 is 11.0 Å². The summed E-state index contributed by atoms with van der Waals surface area (Å²) in [6, 6.07) is 7.42. The van der Waals surface area contributed by atoms with E-state index in [2.05, 4.69) is 0 Å². The molecule has 3 saturated heterocycles. The SMILES string of the molecule is C[C@@H]1O[C@@H](O[C@H]2[C@@H](O)[C@@H](O)[C@H](CO)O[C@@H]2c2c(O)cc(O)c3c(=O)cc(-c4ccc(O[C@H]5O[C@@H](CO)[C@H](O)[C@H](O)[C@@H]5O)cc4)oc23)[C@@H](O)[C@@H](O)[C@H]1O. The number of phenols is 2. The van der Waals surface area contributed by atoms with Gasteiger partial charge in [0, 0.05) is 17.7 Å². The van der Waals surface area contributed by atoms with Crippen molar-refractivity contribution in [1.29, 1.82) is 0 Å². The monoisotopic (exact) mass is 740 g/mol. The molecule has 6 rings (SSSR count). The van der Waals surface area contributed by atoms with Gasteiger partial charge in [-0.15, -0.1) is 0 Å². The Morgan fingerprint density at radius 1 is 0.673 bits per heavy atom. The zero-order chi connectivity index (χ0) is 37.8. The second kappa shape index (κ2) is 15.1. The minimum atomic E-state index is -1.92. The number of hydrogen-bond donors (Lipinski definition) is 12. The van der Waals surface area contributed by atoms with E-state index in [1.165, 1.54) is 31.2 Å². The number of aliphatic hydroxyl groups is 10. The lowest BCUT2D eigenvalue weighted by Gasteiger charge is -2.46. The van der Waals surface area contributed by atoms with E-state index in [-0.39, 0.29) is 22.6 Å². The standard InChI is InChI=1S/C33H40O19/c1-10-21(39)24(42)27(45)32(47-10)52-31-26(44)23(41)17(8-34)50-30(31)20-14(37)6-13(36)19-15(38)7-16(49-29(19)20)11-2-4-12(5-3-11)48-33-28(46)25(43)22(40)18(9-35)51-33/h2-7,10,17-18,21-28,30-37,39-46H,8-9H2,1H3/t10-,17-,18-,21-,22-,23-,24-,25-,26-,27-,28-,30+,31-,32-,33-/m0/s1. The second-order valence-corrected chi connectivity index (χ2v) is 12.9. The maximum absolute atomic E-state index is 13.5. The zero-order valence-electron chi connectivity index (χ0n) is 27.3. The first-order valence-corrected chi connectivity index (χ1v) is 16.2. The first kappa shape index (κ1) is 38.2. The Bertz CT molecular complexity index is 1760. The maximum atomic E-state index is 13.5. The van der Waals surface area contributed by atoms with Crippen molar-refractivity contribution in [2.75, 3.05) is 13.2 Å². The molecule has 3 aliphatic heterocycles. The van der Waals surface area contributed by atoms with Crippen LogP contribution in [0.4, 0.5) is 0 Å². The van der Waals surface area contributed by atoms with Gasteiger partial charge in [-0.05, 0) is 31.2 Å². The summed E-state index contributed by atoms with van der Waals surface area (Å²) in [6.45, 7) is -0.128. The molecule has 3 aliphatic rings. The lowest BCUT2D eigenvalue weighted by molar-refractivity contribution is -0.338. The second-order valence-electron chi connectivity index (χ2n) is 12.9. The van der Waals surface area contributed by atoms with E-state index < -0.39 is 133 Å². The van der Waals surface area contributed by atoms with E-state index in [1.54, 1.807) is 0 Å². The summed E-state index contributed by atoms with van der Waals surface area (Å²) in [5, 5.41) is 124. The number of aliphatic hydroxyl groups excluding tert-OH is 10. The molecule has 0 bridgehead atoms. The van der Waals surface area contributed by atoms with Gasteiger partial charge in [-0.25, -0.2) is 0 Å². The van der Waals surface area contributed by atoms with Gasteiger partial charge < -0.3 is 89.4 Å². The molecular weight excluding hydrogens is 700 g/mol. The summed E-state index contributed by atoms with van der Waals surface area (Å²) < 4.78 is 34.2. The summed E-state index contributed by atoms with van der Waals surface area (Å²) in [5.41, 5.74) is -1.42. The quantitative estimate of drug-likeness (QED) is 0.106. The molecule has 0 saturated carbocycles. The smallest absolute Gasteiger partial charge is 0.229 e. The minimum Gasteiger partial charge on any atom is -0.507 e. The Hall–Kier alpha value is -3.51. The van der Waals surface area contributed by atoms with Gasteiger partial charge >= 0.3 is 0 Å². The number of hydrogen-bond acceptors (Lipinski definition) is 19. The highest BCUT2D eigenvalue weighted by Crippen LogP contribution is 2.45. The highest BCUT2D eigenvalue weighted by molar-refractivity contribution is 5.89. The molecule has 15 atom stereocenters. The molecule has 52 heavy (non-hydrogen) atoms. The molecule has 0 radical (unpaired) electrons. The first-order valence-electron chi connectivity index (χ1n) is 16.2. The van der Waals surface area contributed by atoms with E-state index in [1.807, 2.05) is 0 Å². The average molecular weight is 741 g/mol. The van der Waals surface area contributed by atoms with Crippen molar-refractivity contribution in [3.63, 3.8) is 0 Å². The summed E-state index contributed by atoms with van der Waals surface area (Å²) in [6.07, 6.45) is -24.2. The van der Waals surface area contributed by atoms with Crippen LogP contribution >= 0.6 is 0 Å². The van der Waals surface area contributed by atoms with Crippen molar-refractivity contribution in [1.82, 2.24) is 0 Å². The molecule has 2 aromatic carbocycles. The van der Waals surface area contributed by atoms with Crippen LogP contribution in [0.15, 0.2) is 45.6 Å². The number of fused-ring (bicyclic) bond motifs is 1. The Balaban J connectivity index is 1.37. The highest BCUT2D eigenvalue weighted by Gasteiger charge is 2.51. The number of ether oxygens (including phenoxy) is 5. The fourth-order valence-corrected chi connectivity index (χ4v) is 6.49. The third kappa shape index (κ3) is 6.85. The molecule has 19 nitrogen and oxygen atoms in total. The summed E-state index contributed by atoms with van der Waals surface area (Å²) in [5.74, 6) is -1.48. The van der Waals surface area contributed by atoms with Crippen molar-refractivity contribution in [3.05, 3.63) is 52.2 Å². The molecule has 12 N–H and O–H groups in total. The van der Waals surface area contributed by atoms with E-state index in [4.69, 9.17) is 28.1 Å². The van der Waals surface area contributed by atoms with Gasteiger partial charge in [0.05, 0.1) is 24.9 Å². The van der Waals surface area contributed by atoms with Gasteiger partial charge in [-0.1, -0.05) is 0 Å². The van der Waals surface area contributed by atoms with Crippen LogP contribution in [0.25, 0.3) is 22.3 Å². The van der Waals surface area contributed by atoms with Gasteiger partial charge in [0.25, 0.3) is 0 Å². The van der Waals surface area contributed by atoms with E-state index in [0.29, 0.717) is 0 Å². The maximum Gasteiger partial charge on any atom is 0.229 e. The summed E-state index contributed by atoms with van der Waals surface area (Å²) >= 11 is 0. The Labute approximate surface area is 293 Å². The summed E-state index contributed by atoms with van der Waals surface area (Å²) in [7, 11) is 0. The molecule has 3 fully saturated rings. The van der Waals surface area contributed by atoms with Crippen LogP contribution in [-0.4, -0.2) is 160 Å². The van der Waals surface area contributed by atoms with E-state index in [9.17, 15) is 66.1 Å². The van der Waals surface area contributed by atoms with Crippen molar-refractivity contribution < 1.29 is 89.4 Å². The number of aromatic hydroxyl groups is 2. The lowest BCUT2D eigenvalue weighted by atomic mass is 9.89. The van der Waals surface area contributed by atoms with E-state index in [0.717, 1.165) is 12.1 Å². The summed E-state index contributed by atoms with van der Waals surface area (Å²) in [4.78, 5) is 13.5. The van der Waals surface area contributed by atoms with Crippen molar-refractivity contribution in [2.24, 2.45) is 0 Å². The first-order chi connectivity index (χ1) is 24.7. The van der Waals surface area contributed by atoms with Gasteiger partial charge in [0.2, 0.25) is 6.29 Å². The van der Waals surface area contributed by atoms with Crippen LogP contribution < -0.4 is 10.2 Å². The van der Waals surface area contributed by atoms with Crippen LogP contribution in [0.2, 0.25) is 0 Å². The number of benzene rings is 2. The molecule has 0 spiro atoms. The topological polar surface area (TPSA) is 319 Å². The van der Waals surface area contributed by atoms with Gasteiger partial charge in [-0.3, -0.25) is 4.79 Å². The molecule has 1 aromatic heterocycles. The average Bonchev–Trinajstić information content (AvgIpc) is 3.12. The van der Waals surface area contributed by atoms with Crippen LogP contribution in [-0.2, 0) is 18.9 Å². The zero-order valence-corrected chi connectivity index (χ0v) is 27.3. The molecule has 19 heteroatoms. The van der Waals surface area contributed by atoms with Gasteiger partial charge in [0.1, 0.15) is 102 Å². The highest BCUT2D eigenvalue weighted by atomic mass is 16.7. The van der Waals surface area contributed by atoms with Gasteiger partial charge in [-0.2, -0.15) is 0 Å². The van der Waals surface area contributed by atoms with Crippen LogP contribution in [0.5, 0.6) is 17.2 Å². The Morgan fingerprint density at radius 2 is 1.27 bits per heavy atom. The molecule has 3 aromatic rings. The predicted octanol–water partition coefficient (Wildman–Crippen LogP) is -3.58. The molecule has 286 valence electrons. The third-order valence-corrected chi connectivity index (χ3v) is 9.49. The molecule has 4 heterocycles.